The highest BCUT2D eigenvalue weighted by Gasteiger charge is 2.14. The van der Waals surface area contributed by atoms with Gasteiger partial charge in [0.05, 0.1) is 6.54 Å². The number of benzene rings is 2. The van der Waals surface area contributed by atoms with E-state index in [9.17, 15) is 4.79 Å². The predicted octanol–water partition coefficient (Wildman–Crippen LogP) is 5.14. The highest BCUT2D eigenvalue weighted by molar-refractivity contribution is 7.98. The van der Waals surface area contributed by atoms with Gasteiger partial charge in [-0.05, 0) is 43.7 Å². The molecule has 0 saturated heterocycles. The molecule has 8 heteroatoms. The van der Waals surface area contributed by atoms with E-state index in [4.69, 9.17) is 23.2 Å². The van der Waals surface area contributed by atoms with Crippen LogP contribution in [0.1, 0.15) is 34.2 Å². The molecule has 1 amide bonds. The van der Waals surface area contributed by atoms with Crippen LogP contribution in [0.15, 0.2) is 47.6 Å². The molecule has 0 atom stereocenters. The van der Waals surface area contributed by atoms with Crippen LogP contribution < -0.4 is 5.32 Å². The van der Waals surface area contributed by atoms with Crippen molar-refractivity contribution < 1.29 is 4.79 Å². The smallest absolute Gasteiger partial charge is 0.251 e. The number of aromatic nitrogens is 3. The van der Waals surface area contributed by atoms with Crippen molar-refractivity contribution >= 4 is 40.9 Å². The molecule has 0 aliphatic rings. The first-order valence-corrected chi connectivity index (χ1v) is 10.6. The van der Waals surface area contributed by atoms with E-state index >= 15 is 0 Å². The molecule has 0 saturated carbocycles. The van der Waals surface area contributed by atoms with Crippen LogP contribution in [0.4, 0.5) is 0 Å². The molecule has 0 aliphatic carbocycles. The zero-order chi connectivity index (χ0) is 20.1. The Labute approximate surface area is 178 Å². The Morgan fingerprint density at radius 2 is 2.00 bits per heavy atom. The number of amides is 1. The zero-order valence-corrected chi connectivity index (χ0v) is 17.9. The molecule has 0 spiro atoms. The standard InChI is InChI=1S/C20H20Cl2N4OS/c1-3-26-18(11-23-19(27)14-6-4-5-13(2)9-14)24-25-20(26)28-12-15-7-8-16(21)10-17(15)22/h4-10H,3,11-12H2,1-2H3,(H,23,27). The topological polar surface area (TPSA) is 59.8 Å². The predicted molar refractivity (Wildman–Crippen MR) is 114 cm³/mol. The van der Waals surface area contributed by atoms with Crippen LogP contribution in [0.5, 0.6) is 0 Å². The largest absolute Gasteiger partial charge is 0.345 e. The van der Waals surface area contributed by atoms with Crippen molar-refractivity contribution in [2.75, 3.05) is 0 Å². The lowest BCUT2D eigenvalue weighted by Crippen LogP contribution is -2.24. The number of carbonyl (C=O) groups is 1. The molecular formula is C20H20Cl2N4OS. The average molecular weight is 435 g/mol. The van der Waals surface area contributed by atoms with Gasteiger partial charge < -0.3 is 9.88 Å². The van der Waals surface area contributed by atoms with Gasteiger partial charge in [0.2, 0.25) is 0 Å². The van der Waals surface area contributed by atoms with Crippen molar-refractivity contribution in [2.45, 2.75) is 37.8 Å². The summed E-state index contributed by atoms with van der Waals surface area (Å²) in [7, 11) is 0. The van der Waals surface area contributed by atoms with Gasteiger partial charge in [-0.3, -0.25) is 4.79 Å². The molecule has 28 heavy (non-hydrogen) atoms. The van der Waals surface area contributed by atoms with Crippen molar-refractivity contribution in [3.05, 3.63) is 75.0 Å². The van der Waals surface area contributed by atoms with Gasteiger partial charge in [-0.1, -0.05) is 58.7 Å². The van der Waals surface area contributed by atoms with Crippen LogP contribution in [0, 0.1) is 6.92 Å². The third kappa shape index (κ3) is 5.07. The van der Waals surface area contributed by atoms with Gasteiger partial charge in [-0.15, -0.1) is 10.2 Å². The Morgan fingerprint density at radius 1 is 1.18 bits per heavy atom. The first-order chi connectivity index (χ1) is 13.5. The maximum atomic E-state index is 12.4. The number of rotatable bonds is 7. The van der Waals surface area contributed by atoms with Gasteiger partial charge >= 0.3 is 0 Å². The minimum Gasteiger partial charge on any atom is -0.345 e. The maximum absolute atomic E-state index is 12.4. The van der Waals surface area contributed by atoms with E-state index in [1.165, 1.54) is 0 Å². The molecule has 5 nitrogen and oxygen atoms in total. The Balaban J connectivity index is 1.65. The highest BCUT2D eigenvalue weighted by Crippen LogP contribution is 2.28. The second kappa shape index (κ2) is 9.45. The van der Waals surface area contributed by atoms with E-state index in [0.29, 0.717) is 40.3 Å². The summed E-state index contributed by atoms with van der Waals surface area (Å²) >= 11 is 13.7. The highest BCUT2D eigenvalue weighted by atomic mass is 35.5. The van der Waals surface area contributed by atoms with Crippen molar-refractivity contribution in [3.8, 4) is 0 Å². The van der Waals surface area contributed by atoms with Crippen molar-refractivity contribution in [2.24, 2.45) is 0 Å². The third-order valence-corrected chi connectivity index (χ3v) is 5.77. The van der Waals surface area contributed by atoms with E-state index in [1.807, 2.05) is 48.7 Å². The second-order valence-electron chi connectivity index (χ2n) is 6.22. The van der Waals surface area contributed by atoms with Crippen molar-refractivity contribution in [1.29, 1.82) is 0 Å². The molecule has 1 aromatic heterocycles. The van der Waals surface area contributed by atoms with Gasteiger partial charge in [0.1, 0.15) is 0 Å². The zero-order valence-electron chi connectivity index (χ0n) is 15.6. The van der Waals surface area contributed by atoms with Gasteiger partial charge in [-0.2, -0.15) is 0 Å². The lowest BCUT2D eigenvalue weighted by atomic mass is 10.1. The van der Waals surface area contributed by atoms with Gasteiger partial charge in [0.15, 0.2) is 11.0 Å². The number of hydrogen-bond donors (Lipinski definition) is 1. The van der Waals surface area contributed by atoms with Gasteiger partial charge in [-0.25, -0.2) is 0 Å². The molecule has 0 aliphatic heterocycles. The molecule has 3 aromatic rings. The van der Waals surface area contributed by atoms with E-state index in [2.05, 4.69) is 15.5 Å². The monoisotopic (exact) mass is 434 g/mol. The van der Waals surface area contributed by atoms with E-state index in [0.717, 1.165) is 16.3 Å². The molecular weight excluding hydrogens is 415 g/mol. The van der Waals surface area contributed by atoms with Crippen LogP contribution in [0.3, 0.4) is 0 Å². The van der Waals surface area contributed by atoms with Crippen molar-refractivity contribution in [1.82, 2.24) is 20.1 Å². The number of thioether (sulfide) groups is 1. The summed E-state index contributed by atoms with van der Waals surface area (Å²) in [6, 6.07) is 12.9. The summed E-state index contributed by atoms with van der Waals surface area (Å²) in [6.45, 7) is 5.00. The Hall–Kier alpha value is -2.02. The lowest BCUT2D eigenvalue weighted by Gasteiger charge is -2.09. The molecule has 0 radical (unpaired) electrons. The number of halogens is 2. The molecule has 3 rings (SSSR count). The summed E-state index contributed by atoms with van der Waals surface area (Å²) in [6.07, 6.45) is 0. The Kier molecular flexibility index (Phi) is 6.99. The maximum Gasteiger partial charge on any atom is 0.251 e. The first kappa shape index (κ1) is 20.7. The Morgan fingerprint density at radius 3 is 2.71 bits per heavy atom. The molecule has 1 N–H and O–H groups in total. The molecule has 146 valence electrons. The number of nitrogens with one attached hydrogen (secondary N) is 1. The second-order valence-corrected chi connectivity index (χ2v) is 8.01. The summed E-state index contributed by atoms with van der Waals surface area (Å²) in [5.41, 5.74) is 2.66. The van der Waals surface area contributed by atoms with Crippen LogP contribution in [0.2, 0.25) is 10.0 Å². The summed E-state index contributed by atoms with van der Waals surface area (Å²) in [5.74, 6) is 1.24. The van der Waals surface area contributed by atoms with Crippen LogP contribution in [-0.2, 0) is 18.8 Å². The number of carbonyl (C=O) groups excluding carboxylic acids is 1. The molecule has 0 bridgehead atoms. The Bertz CT molecular complexity index is 990. The minimum absolute atomic E-state index is 0.128. The SMILES string of the molecule is CCn1c(CNC(=O)c2cccc(C)c2)nnc1SCc1ccc(Cl)cc1Cl. The fraction of sp³-hybridized carbons (Fsp3) is 0.250. The fourth-order valence-electron chi connectivity index (χ4n) is 2.70. The molecule has 1 heterocycles. The van der Waals surface area contributed by atoms with E-state index in [-0.39, 0.29) is 5.91 Å². The van der Waals surface area contributed by atoms with E-state index < -0.39 is 0 Å². The molecule has 0 fully saturated rings. The quantitative estimate of drug-likeness (QED) is 0.523. The van der Waals surface area contributed by atoms with Gasteiger partial charge in [0.25, 0.3) is 5.91 Å². The summed E-state index contributed by atoms with van der Waals surface area (Å²) in [5, 5.41) is 13.5. The van der Waals surface area contributed by atoms with E-state index in [1.54, 1.807) is 23.9 Å². The lowest BCUT2D eigenvalue weighted by molar-refractivity contribution is 0.0949. The third-order valence-electron chi connectivity index (χ3n) is 4.17. The first-order valence-electron chi connectivity index (χ1n) is 8.81. The number of aryl methyl sites for hydroxylation is 1. The molecule has 2 aromatic carbocycles. The van der Waals surface area contributed by atoms with Crippen LogP contribution in [0.25, 0.3) is 0 Å². The van der Waals surface area contributed by atoms with Crippen molar-refractivity contribution in [3.63, 3.8) is 0 Å². The average Bonchev–Trinajstić information content (AvgIpc) is 3.07. The number of hydrogen-bond acceptors (Lipinski definition) is 4. The fourth-order valence-corrected chi connectivity index (χ4v) is 4.28. The minimum atomic E-state index is -0.128. The van der Waals surface area contributed by atoms with Crippen LogP contribution >= 0.6 is 35.0 Å². The summed E-state index contributed by atoms with van der Waals surface area (Å²) in [4.78, 5) is 12.4. The van der Waals surface area contributed by atoms with Crippen LogP contribution in [-0.4, -0.2) is 20.7 Å². The summed E-state index contributed by atoms with van der Waals surface area (Å²) < 4.78 is 1.99. The molecule has 0 unspecified atom stereocenters. The van der Waals surface area contributed by atoms with Gasteiger partial charge in [0, 0.05) is 27.9 Å². The normalized spacial score (nSPS) is 10.9. The number of nitrogens with zero attached hydrogens (tertiary/aromatic N) is 3.